The number of carbonyl (C=O) groups excluding carboxylic acids is 2. The molecule has 8 nitrogen and oxygen atoms in total. The molecule has 0 aliphatic heterocycles. The van der Waals surface area contributed by atoms with E-state index in [0.717, 1.165) is 5.56 Å². The second-order valence-corrected chi connectivity index (χ2v) is 6.55. The van der Waals surface area contributed by atoms with E-state index >= 15 is 0 Å². The molecule has 8 heteroatoms. The number of hydrogen-bond donors (Lipinski definition) is 2. The highest BCUT2D eigenvalue weighted by atomic mass is 16.6. The lowest BCUT2D eigenvalue weighted by molar-refractivity contribution is 0.0519. The quantitative estimate of drug-likeness (QED) is 0.819. The Morgan fingerprint density at radius 3 is 2.54 bits per heavy atom. The number of hydrogen-bond acceptors (Lipinski definition) is 6. The van der Waals surface area contributed by atoms with Crippen molar-refractivity contribution in [1.29, 1.82) is 0 Å². The van der Waals surface area contributed by atoms with Gasteiger partial charge in [-0.1, -0.05) is 30.3 Å². The highest BCUT2D eigenvalue weighted by molar-refractivity contribution is 5.69. The van der Waals surface area contributed by atoms with Crippen molar-refractivity contribution in [2.75, 3.05) is 6.54 Å². The van der Waals surface area contributed by atoms with Gasteiger partial charge in [0.15, 0.2) is 6.39 Å². The number of rotatable bonds is 6. The number of alkyl carbamates (subject to hydrolysis) is 2. The zero-order valence-corrected chi connectivity index (χ0v) is 15.0. The third-order valence-electron chi connectivity index (χ3n) is 3.15. The van der Waals surface area contributed by atoms with Gasteiger partial charge in [-0.3, -0.25) is 0 Å². The molecule has 1 aromatic carbocycles. The van der Waals surface area contributed by atoms with Crippen LogP contribution in [0.3, 0.4) is 0 Å². The SMILES string of the molecule is CC(C)(C)OC(=O)NC[C@H](NC(=O)OCc1ccccc1)c1cnco1. The zero-order valence-electron chi connectivity index (χ0n) is 15.0. The van der Waals surface area contributed by atoms with E-state index < -0.39 is 23.8 Å². The molecule has 1 aromatic heterocycles. The first kappa shape index (κ1) is 19.3. The largest absolute Gasteiger partial charge is 0.446 e. The number of amides is 2. The van der Waals surface area contributed by atoms with E-state index in [2.05, 4.69) is 15.6 Å². The van der Waals surface area contributed by atoms with E-state index in [1.165, 1.54) is 12.6 Å². The van der Waals surface area contributed by atoms with Gasteiger partial charge in [0.05, 0.1) is 6.20 Å². The maximum atomic E-state index is 12.1. The Morgan fingerprint density at radius 1 is 1.19 bits per heavy atom. The summed E-state index contributed by atoms with van der Waals surface area (Å²) in [7, 11) is 0. The molecular weight excluding hydrogens is 338 g/mol. The number of oxazole rings is 1. The number of ether oxygens (including phenoxy) is 2. The monoisotopic (exact) mass is 361 g/mol. The Balaban J connectivity index is 1.89. The number of benzene rings is 1. The fraction of sp³-hybridized carbons (Fsp3) is 0.389. The van der Waals surface area contributed by atoms with Gasteiger partial charge in [0.2, 0.25) is 0 Å². The molecule has 0 saturated carbocycles. The van der Waals surface area contributed by atoms with Gasteiger partial charge in [0.1, 0.15) is 24.0 Å². The van der Waals surface area contributed by atoms with Crippen LogP contribution < -0.4 is 10.6 Å². The Hall–Kier alpha value is -3.03. The van der Waals surface area contributed by atoms with E-state index in [-0.39, 0.29) is 13.2 Å². The van der Waals surface area contributed by atoms with Crippen molar-refractivity contribution in [3.8, 4) is 0 Å². The van der Waals surface area contributed by atoms with Crippen LogP contribution in [0, 0.1) is 0 Å². The molecule has 1 atom stereocenters. The minimum absolute atomic E-state index is 0.0601. The fourth-order valence-electron chi connectivity index (χ4n) is 2.03. The lowest BCUT2D eigenvalue weighted by atomic mass is 10.2. The summed E-state index contributed by atoms with van der Waals surface area (Å²) in [4.78, 5) is 27.7. The predicted molar refractivity (Wildman–Crippen MR) is 93.2 cm³/mol. The van der Waals surface area contributed by atoms with Crippen LogP contribution in [0.15, 0.2) is 47.3 Å². The molecule has 0 radical (unpaired) electrons. The van der Waals surface area contributed by atoms with Gasteiger partial charge >= 0.3 is 12.2 Å². The van der Waals surface area contributed by atoms with Crippen LogP contribution in [-0.2, 0) is 16.1 Å². The van der Waals surface area contributed by atoms with E-state index in [0.29, 0.717) is 5.76 Å². The summed E-state index contributed by atoms with van der Waals surface area (Å²) in [6.07, 6.45) is 1.47. The molecule has 1 heterocycles. The summed E-state index contributed by atoms with van der Waals surface area (Å²) in [5.41, 5.74) is 0.249. The first-order valence-electron chi connectivity index (χ1n) is 8.16. The highest BCUT2D eigenvalue weighted by Crippen LogP contribution is 2.13. The second-order valence-electron chi connectivity index (χ2n) is 6.55. The molecule has 0 spiro atoms. The van der Waals surface area contributed by atoms with Crippen molar-refractivity contribution >= 4 is 12.2 Å². The van der Waals surface area contributed by atoms with Crippen molar-refractivity contribution in [2.45, 2.75) is 39.0 Å². The van der Waals surface area contributed by atoms with Crippen LogP contribution in [-0.4, -0.2) is 29.3 Å². The number of carbonyl (C=O) groups is 2. The summed E-state index contributed by atoms with van der Waals surface area (Å²) in [5.74, 6) is 0.387. The lowest BCUT2D eigenvalue weighted by Crippen LogP contribution is -2.40. The van der Waals surface area contributed by atoms with Gasteiger partial charge in [-0.25, -0.2) is 14.6 Å². The highest BCUT2D eigenvalue weighted by Gasteiger charge is 2.22. The van der Waals surface area contributed by atoms with Gasteiger partial charge in [-0.2, -0.15) is 0 Å². The molecule has 2 rings (SSSR count). The molecule has 2 N–H and O–H groups in total. The van der Waals surface area contributed by atoms with Gasteiger partial charge in [0.25, 0.3) is 0 Å². The van der Waals surface area contributed by atoms with E-state index in [4.69, 9.17) is 13.9 Å². The van der Waals surface area contributed by atoms with E-state index in [1.54, 1.807) is 20.8 Å². The molecular formula is C18H23N3O5. The van der Waals surface area contributed by atoms with Crippen LogP contribution in [0.25, 0.3) is 0 Å². The Morgan fingerprint density at radius 2 is 1.92 bits per heavy atom. The van der Waals surface area contributed by atoms with Crippen molar-refractivity contribution in [3.63, 3.8) is 0 Å². The average molecular weight is 361 g/mol. The van der Waals surface area contributed by atoms with E-state index in [9.17, 15) is 9.59 Å². The van der Waals surface area contributed by atoms with Gasteiger partial charge in [0, 0.05) is 6.54 Å². The third kappa shape index (κ3) is 6.84. The molecule has 2 amide bonds. The standard InChI is InChI=1S/C18H23N3O5/c1-18(2,3)26-16(22)20-9-14(15-10-19-12-25-15)21-17(23)24-11-13-7-5-4-6-8-13/h4-8,10,12,14H,9,11H2,1-3H3,(H,20,22)(H,21,23)/t14-/m0/s1. The summed E-state index contributed by atoms with van der Waals surface area (Å²) in [6.45, 7) is 5.49. The fourth-order valence-corrected chi connectivity index (χ4v) is 2.03. The first-order valence-corrected chi connectivity index (χ1v) is 8.16. The minimum Gasteiger partial charge on any atom is -0.446 e. The van der Waals surface area contributed by atoms with Crippen molar-refractivity contribution in [3.05, 3.63) is 54.2 Å². The normalized spacial score (nSPS) is 12.1. The van der Waals surface area contributed by atoms with Crippen molar-refractivity contribution < 1.29 is 23.5 Å². The average Bonchev–Trinajstić information content (AvgIpc) is 3.10. The summed E-state index contributed by atoms with van der Waals surface area (Å²) in [5, 5.41) is 5.23. The number of nitrogens with zero attached hydrogens (tertiary/aromatic N) is 1. The van der Waals surface area contributed by atoms with Crippen molar-refractivity contribution in [2.24, 2.45) is 0 Å². The lowest BCUT2D eigenvalue weighted by Gasteiger charge is -2.21. The van der Waals surface area contributed by atoms with Crippen LogP contribution in [0.5, 0.6) is 0 Å². The van der Waals surface area contributed by atoms with Gasteiger partial charge in [-0.15, -0.1) is 0 Å². The number of aromatic nitrogens is 1. The summed E-state index contributed by atoms with van der Waals surface area (Å²) >= 11 is 0. The predicted octanol–water partition coefficient (Wildman–Crippen LogP) is 3.17. The Bertz CT molecular complexity index is 695. The third-order valence-corrected chi connectivity index (χ3v) is 3.15. The molecule has 0 unspecified atom stereocenters. The zero-order chi connectivity index (χ0) is 19.0. The molecule has 140 valence electrons. The second kappa shape index (κ2) is 8.89. The minimum atomic E-state index is -0.645. The van der Waals surface area contributed by atoms with Crippen LogP contribution in [0.1, 0.15) is 38.1 Å². The van der Waals surface area contributed by atoms with Gasteiger partial charge in [-0.05, 0) is 26.3 Å². The Labute approximate surface area is 151 Å². The summed E-state index contributed by atoms with van der Waals surface area (Å²) in [6, 6.07) is 8.66. The topological polar surface area (TPSA) is 103 Å². The molecule has 26 heavy (non-hydrogen) atoms. The maximum absolute atomic E-state index is 12.1. The first-order chi connectivity index (χ1) is 12.3. The smallest absolute Gasteiger partial charge is 0.408 e. The van der Waals surface area contributed by atoms with Crippen molar-refractivity contribution in [1.82, 2.24) is 15.6 Å². The van der Waals surface area contributed by atoms with Crippen LogP contribution >= 0.6 is 0 Å². The molecule has 0 fully saturated rings. The van der Waals surface area contributed by atoms with E-state index in [1.807, 2.05) is 30.3 Å². The number of nitrogens with one attached hydrogen (secondary N) is 2. The Kier molecular flexibility index (Phi) is 6.60. The molecule has 0 aliphatic carbocycles. The summed E-state index contributed by atoms with van der Waals surface area (Å²) < 4.78 is 15.6. The van der Waals surface area contributed by atoms with Gasteiger partial charge < -0.3 is 24.5 Å². The van der Waals surface area contributed by atoms with Crippen LogP contribution in [0.2, 0.25) is 0 Å². The van der Waals surface area contributed by atoms with Crippen LogP contribution in [0.4, 0.5) is 9.59 Å². The molecule has 2 aromatic rings. The molecule has 0 saturated heterocycles. The molecule has 0 aliphatic rings. The molecule has 0 bridgehead atoms. The maximum Gasteiger partial charge on any atom is 0.408 e.